The van der Waals surface area contributed by atoms with Gasteiger partial charge in [0.05, 0.1) is 6.61 Å². The van der Waals surface area contributed by atoms with Gasteiger partial charge >= 0.3 is 6.09 Å². The van der Waals surface area contributed by atoms with E-state index >= 15 is 0 Å². The molecule has 2 amide bonds. The van der Waals surface area contributed by atoms with Crippen molar-refractivity contribution in [2.24, 2.45) is 5.92 Å². The lowest BCUT2D eigenvalue weighted by Crippen LogP contribution is -2.32. The largest absolute Gasteiger partial charge is 0.450 e. The van der Waals surface area contributed by atoms with Crippen molar-refractivity contribution < 1.29 is 14.3 Å². The van der Waals surface area contributed by atoms with Crippen molar-refractivity contribution in [3.05, 3.63) is 0 Å². The van der Waals surface area contributed by atoms with Gasteiger partial charge in [-0.3, -0.25) is 10.1 Å². The zero-order chi connectivity index (χ0) is 8.27. The molecule has 0 bridgehead atoms. The van der Waals surface area contributed by atoms with Gasteiger partial charge in [0.15, 0.2) is 0 Å². The lowest BCUT2D eigenvalue weighted by Gasteiger charge is -2.01. The molecule has 0 aromatic carbocycles. The number of hydrogen-bond donors (Lipinski definition) is 1. The average Bonchev–Trinajstić information content (AvgIpc) is 2.67. The Balaban J connectivity index is 2.17. The molecule has 0 radical (unpaired) electrons. The van der Waals surface area contributed by atoms with Gasteiger partial charge in [0, 0.05) is 5.92 Å². The summed E-state index contributed by atoms with van der Waals surface area (Å²) in [6.07, 6.45) is 1.15. The molecule has 0 aromatic rings. The fraction of sp³-hybridized carbons (Fsp3) is 0.714. The highest BCUT2D eigenvalue weighted by Crippen LogP contribution is 2.28. The summed E-state index contributed by atoms with van der Waals surface area (Å²) in [5, 5.41) is 2.14. The van der Waals surface area contributed by atoms with Gasteiger partial charge in [0.1, 0.15) is 0 Å². The molecular weight excluding hydrogens is 146 g/mol. The normalized spacial score (nSPS) is 15.7. The monoisotopic (exact) mass is 157 g/mol. The van der Waals surface area contributed by atoms with Crippen molar-refractivity contribution in [3.8, 4) is 0 Å². The fourth-order valence-corrected chi connectivity index (χ4v) is 0.715. The zero-order valence-electron chi connectivity index (χ0n) is 6.42. The van der Waals surface area contributed by atoms with Crippen molar-refractivity contribution in [2.75, 3.05) is 6.61 Å². The van der Waals surface area contributed by atoms with Crippen LogP contribution in [-0.4, -0.2) is 18.6 Å². The third-order valence-corrected chi connectivity index (χ3v) is 1.45. The molecular formula is C7H11NO3. The summed E-state index contributed by atoms with van der Waals surface area (Å²) in [6.45, 7) is 1.99. The number of amides is 2. The lowest BCUT2D eigenvalue weighted by molar-refractivity contribution is -0.121. The van der Waals surface area contributed by atoms with Crippen molar-refractivity contribution in [3.63, 3.8) is 0 Å². The molecule has 1 N–H and O–H groups in total. The van der Waals surface area contributed by atoms with E-state index in [1.54, 1.807) is 6.92 Å². The average molecular weight is 157 g/mol. The number of carbonyl (C=O) groups is 2. The summed E-state index contributed by atoms with van der Waals surface area (Å²) in [4.78, 5) is 21.5. The summed E-state index contributed by atoms with van der Waals surface area (Å²) < 4.78 is 4.52. The Hall–Kier alpha value is -1.06. The quantitative estimate of drug-likeness (QED) is 0.640. The maximum atomic E-state index is 10.9. The van der Waals surface area contributed by atoms with Gasteiger partial charge in [-0.15, -0.1) is 0 Å². The minimum atomic E-state index is -0.635. The van der Waals surface area contributed by atoms with Gasteiger partial charge in [0.2, 0.25) is 5.91 Å². The Labute approximate surface area is 64.9 Å². The van der Waals surface area contributed by atoms with Crippen LogP contribution in [0.2, 0.25) is 0 Å². The van der Waals surface area contributed by atoms with Gasteiger partial charge in [-0.05, 0) is 19.8 Å². The smallest absolute Gasteiger partial charge is 0.413 e. The SMILES string of the molecule is CCOC(=O)NC(=O)C1CC1. The molecule has 1 aliphatic carbocycles. The van der Waals surface area contributed by atoms with Crippen LogP contribution in [0.25, 0.3) is 0 Å². The van der Waals surface area contributed by atoms with E-state index in [4.69, 9.17) is 0 Å². The van der Waals surface area contributed by atoms with Crippen molar-refractivity contribution in [1.82, 2.24) is 5.32 Å². The van der Waals surface area contributed by atoms with Gasteiger partial charge < -0.3 is 4.74 Å². The van der Waals surface area contributed by atoms with Crippen molar-refractivity contribution in [2.45, 2.75) is 19.8 Å². The predicted octanol–water partition coefficient (Wildman–Crippen LogP) is 0.669. The minimum Gasteiger partial charge on any atom is -0.450 e. The molecule has 4 nitrogen and oxygen atoms in total. The highest BCUT2D eigenvalue weighted by molar-refractivity contribution is 5.94. The van der Waals surface area contributed by atoms with Crippen LogP contribution in [0.15, 0.2) is 0 Å². The standard InChI is InChI=1S/C7H11NO3/c1-2-11-7(10)8-6(9)5-3-4-5/h5H,2-4H2,1H3,(H,8,9,10). The molecule has 0 saturated heterocycles. The van der Waals surface area contributed by atoms with E-state index in [1.807, 2.05) is 0 Å². The van der Waals surface area contributed by atoms with Crippen LogP contribution in [0.1, 0.15) is 19.8 Å². The third-order valence-electron chi connectivity index (χ3n) is 1.45. The van der Waals surface area contributed by atoms with Gasteiger partial charge in [-0.25, -0.2) is 4.79 Å². The fourth-order valence-electron chi connectivity index (χ4n) is 0.715. The Morgan fingerprint density at radius 3 is 2.64 bits per heavy atom. The van der Waals surface area contributed by atoms with Crippen molar-refractivity contribution in [1.29, 1.82) is 0 Å². The first kappa shape index (κ1) is 8.04. The molecule has 62 valence electrons. The maximum Gasteiger partial charge on any atom is 0.413 e. The van der Waals surface area contributed by atoms with E-state index in [0.717, 1.165) is 12.8 Å². The van der Waals surface area contributed by atoms with Gasteiger partial charge in [-0.2, -0.15) is 0 Å². The van der Waals surface area contributed by atoms with E-state index in [1.165, 1.54) is 0 Å². The Bertz CT molecular complexity index is 175. The van der Waals surface area contributed by atoms with E-state index in [9.17, 15) is 9.59 Å². The topological polar surface area (TPSA) is 55.4 Å². The van der Waals surface area contributed by atoms with Crippen LogP contribution in [0.5, 0.6) is 0 Å². The summed E-state index contributed by atoms with van der Waals surface area (Å²) in [5.74, 6) is -0.150. The molecule has 11 heavy (non-hydrogen) atoms. The molecule has 0 heterocycles. The Morgan fingerprint density at radius 1 is 1.55 bits per heavy atom. The van der Waals surface area contributed by atoms with Crippen LogP contribution in [0, 0.1) is 5.92 Å². The molecule has 1 fully saturated rings. The van der Waals surface area contributed by atoms with Crippen LogP contribution >= 0.6 is 0 Å². The highest BCUT2D eigenvalue weighted by Gasteiger charge is 2.30. The number of nitrogens with one attached hydrogen (secondary N) is 1. The molecule has 1 saturated carbocycles. The second-order valence-corrected chi connectivity index (χ2v) is 2.48. The van der Waals surface area contributed by atoms with E-state index in [-0.39, 0.29) is 11.8 Å². The molecule has 4 heteroatoms. The number of alkyl carbamates (subject to hydrolysis) is 1. The number of hydrogen-bond acceptors (Lipinski definition) is 3. The Kier molecular flexibility index (Phi) is 2.46. The molecule has 1 aliphatic rings. The van der Waals surface area contributed by atoms with Crippen LogP contribution < -0.4 is 5.32 Å². The maximum absolute atomic E-state index is 10.9. The summed E-state index contributed by atoms with van der Waals surface area (Å²) >= 11 is 0. The Morgan fingerprint density at radius 2 is 2.18 bits per heavy atom. The first-order chi connectivity index (χ1) is 5.24. The van der Waals surface area contributed by atoms with Gasteiger partial charge in [0.25, 0.3) is 0 Å². The molecule has 0 unspecified atom stereocenters. The predicted molar refractivity (Wildman–Crippen MR) is 37.9 cm³/mol. The van der Waals surface area contributed by atoms with Crippen LogP contribution in [0.3, 0.4) is 0 Å². The molecule has 0 atom stereocenters. The van der Waals surface area contributed by atoms with E-state index in [0.29, 0.717) is 6.61 Å². The first-order valence-electron chi connectivity index (χ1n) is 3.71. The van der Waals surface area contributed by atoms with E-state index < -0.39 is 6.09 Å². The number of carbonyl (C=O) groups excluding carboxylic acids is 2. The molecule has 1 rings (SSSR count). The van der Waals surface area contributed by atoms with Crippen molar-refractivity contribution >= 4 is 12.0 Å². The van der Waals surface area contributed by atoms with Gasteiger partial charge in [-0.1, -0.05) is 0 Å². The third kappa shape index (κ3) is 2.57. The number of rotatable bonds is 2. The molecule has 0 aromatic heterocycles. The summed E-state index contributed by atoms with van der Waals surface area (Å²) in [6, 6.07) is 0. The summed E-state index contributed by atoms with van der Waals surface area (Å²) in [7, 11) is 0. The minimum absolute atomic E-state index is 0.0550. The second kappa shape index (κ2) is 3.37. The number of imide groups is 1. The van der Waals surface area contributed by atoms with Crippen LogP contribution in [0.4, 0.5) is 4.79 Å². The second-order valence-electron chi connectivity index (χ2n) is 2.48. The molecule has 0 aliphatic heterocycles. The summed E-state index contributed by atoms with van der Waals surface area (Å²) in [5.41, 5.74) is 0. The zero-order valence-corrected chi connectivity index (χ0v) is 6.42. The number of ether oxygens (including phenoxy) is 1. The first-order valence-corrected chi connectivity index (χ1v) is 3.71. The van der Waals surface area contributed by atoms with Crippen LogP contribution in [-0.2, 0) is 9.53 Å². The molecule has 0 spiro atoms. The highest BCUT2D eigenvalue weighted by atomic mass is 16.5. The lowest BCUT2D eigenvalue weighted by atomic mass is 10.4. The van der Waals surface area contributed by atoms with E-state index in [2.05, 4.69) is 10.1 Å².